The summed E-state index contributed by atoms with van der Waals surface area (Å²) >= 11 is 0. The lowest BCUT2D eigenvalue weighted by Crippen LogP contribution is -1.96. The molecular weight excluding hydrogens is 168 g/mol. The summed E-state index contributed by atoms with van der Waals surface area (Å²) in [6, 6.07) is 0. The Labute approximate surface area is 87.8 Å². The van der Waals surface area contributed by atoms with Crippen molar-refractivity contribution in [1.82, 2.24) is 0 Å². The van der Waals surface area contributed by atoms with Gasteiger partial charge in [-0.15, -0.1) is 6.42 Å². The van der Waals surface area contributed by atoms with Crippen molar-refractivity contribution in [3.05, 3.63) is 11.1 Å². The molecule has 0 aromatic heterocycles. The van der Waals surface area contributed by atoms with Crippen LogP contribution in [0.3, 0.4) is 0 Å². The molecule has 1 aliphatic rings. The van der Waals surface area contributed by atoms with Crippen LogP contribution in [0.5, 0.6) is 0 Å². The van der Waals surface area contributed by atoms with Crippen LogP contribution in [0.4, 0.5) is 0 Å². The van der Waals surface area contributed by atoms with Gasteiger partial charge in [-0.25, -0.2) is 0 Å². The van der Waals surface area contributed by atoms with E-state index in [1.54, 1.807) is 0 Å². The first-order chi connectivity index (χ1) is 6.74. The largest absolute Gasteiger partial charge is 0.115 e. The van der Waals surface area contributed by atoms with Gasteiger partial charge in [0.1, 0.15) is 0 Å². The van der Waals surface area contributed by atoms with Crippen LogP contribution in [0.15, 0.2) is 11.1 Å². The second-order valence-corrected chi connectivity index (χ2v) is 4.21. The Morgan fingerprint density at radius 1 is 1.21 bits per heavy atom. The lowest BCUT2D eigenvalue weighted by molar-refractivity contribution is 0.674. The molecule has 14 heavy (non-hydrogen) atoms. The average molecular weight is 186 g/mol. The summed E-state index contributed by atoms with van der Waals surface area (Å²) in [5, 5.41) is 0. The van der Waals surface area contributed by atoms with Crippen molar-refractivity contribution in [2.24, 2.45) is 5.92 Å². The van der Waals surface area contributed by atoms with E-state index in [1.165, 1.54) is 18.4 Å². The molecule has 0 bridgehead atoms. The molecule has 0 radical (unpaired) electrons. The Kier molecular flexibility index (Phi) is 4.34. The van der Waals surface area contributed by atoms with Crippen molar-refractivity contribution < 1.29 is 0 Å². The highest BCUT2D eigenvalue weighted by atomic mass is 14.1. The van der Waals surface area contributed by atoms with Gasteiger partial charge in [0.05, 0.1) is 0 Å². The summed E-state index contributed by atoms with van der Waals surface area (Å²) in [4.78, 5) is 0. The second kappa shape index (κ2) is 5.56. The fourth-order valence-corrected chi connectivity index (χ4v) is 1.56. The normalized spacial score (nSPS) is 16.1. The molecule has 0 N–H and O–H groups in total. The van der Waals surface area contributed by atoms with E-state index in [-0.39, 0.29) is 0 Å². The third kappa shape index (κ3) is 3.31. The first-order valence-electron chi connectivity index (χ1n) is 5.41. The zero-order chi connectivity index (χ0) is 10.4. The van der Waals surface area contributed by atoms with Crippen LogP contribution in [0.25, 0.3) is 0 Å². The third-order valence-electron chi connectivity index (χ3n) is 2.39. The molecule has 0 aromatic rings. The molecule has 0 heterocycles. The molecule has 1 rings (SSSR count). The summed E-state index contributed by atoms with van der Waals surface area (Å²) < 4.78 is 0. The first-order valence-corrected chi connectivity index (χ1v) is 5.41. The molecule has 0 atom stereocenters. The van der Waals surface area contributed by atoms with Gasteiger partial charge in [-0.2, -0.15) is 0 Å². The number of terminal acetylenes is 1. The highest BCUT2D eigenvalue weighted by Crippen LogP contribution is 2.23. The van der Waals surface area contributed by atoms with Crippen LogP contribution in [0.1, 0.15) is 46.0 Å². The van der Waals surface area contributed by atoms with E-state index in [1.807, 2.05) is 0 Å². The summed E-state index contributed by atoms with van der Waals surface area (Å²) in [6.45, 7) is 4.37. The molecule has 74 valence electrons. The van der Waals surface area contributed by atoms with Crippen molar-refractivity contribution in [3.8, 4) is 24.2 Å². The Morgan fingerprint density at radius 3 is 2.43 bits per heavy atom. The summed E-state index contributed by atoms with van der Waals surface area (Å²) in [5.41, 5.74) is 2.37. The maximum atomic E-state index is 5.45. The molecule has 0 heteroatoms. The predicted molar refractivity (Wildman–Crippen MR) is 61.6 cm³/mol. The van der Waals surface area contributed by atoms with E-state index in [2.05, 4.69) is 31.6 Å². The van der Waals surface area contributed by atoms with Crippen molar-refractivity contribution in [2.45, 2.75) is 46.0 Å². The number of hydrogen-bond donors (Lipinski definition) is 0. The number of allylic oxidation sites excluding steroid dienone is 2. The van der Waals surface area contributed by atoms with Crippen LogP contribution in [0.2, 0.25) is 0 Å². The predicted octanol–water partition coefficient (Wildman–Crippen LogP) is 3.54. The van der Waals surface area contributed by atoms with Crippen LogP contribution in [-0.2, 0) is 0 Å². The van der Waals surface area contributed by atoms with Gasteiger partial charge in [0, 0.05) is 17.6 Å². The molecule has 0 fully saturated rings. The monoisotopic (exact) mass is 186 g/mol. The zero-order valence-corrected chi connectivity index (χ0v) is 9.19. The molecule has 0 amide bonds. The molecule has 0 aromatic carbocycles. The number of rotatable bonds is 1. The molecule has 0 saturated heterocycles. The summed E-state index contributed by atoms with van der Waals surface area (Å²) in [5.74, 6) is 9.88. The minimum absolute atomic E-state index is 0.654. The lowest BCUT2D eigenvalue weighted by Gasteiger charge is -2.11. The van der Waals surface area contributed by atoms with Crippen LogP contribution >= 0.6 is 0 Å². The average Bonchev–Trinajstić information content (AvgIpc) is 2.18. The molecule has 0 aliphatic heterocycles. The second-order valence-electron chi connectivity index (χ2n) is 4.21. The van der Waals surface area contributed by atoms with E-state index in [4.69, 9.17) is 6.42 Å². The molecule has 0 spiro atoms. The van der Waals surface area contributed by atoms with Crippen molar-refractivity contribution in [3.63, 3.8) is 0 Å². The molecule has 1 aliphatic carbocycles. The Hall–Kier alpha value is -1.14. The highest BCUT2D eigenvalue weighted by molar-refractivity contribution is 5.43. The van der Waals surface area contributed by atoms with Gasteiger partial charge in [0.25, 0.3) is 0 Å². The van der Waals surface area contributed by atoms with E-state index in [9.17, 15) is 0 Å². The standard InChI is InChI=1S/C14H18/c1-4-13-9-5-6-10-14(13)11-7-8-12(2)3/h1,12H,5-6,8-10H2,2-3H3. The van der Waals surface area contributed by atoms with Crippen molar-refractivity contribution >= 4 is 0 Å². The van der Waals surface area contributed by atoms with Gasteiger partial charge < -0.3 is 0 Å². The Bertz CT molecular complexity index is 312. The summed E-state index contributed by atoms with van der Waals surface area (Å²) in [6.07, 6.45) is 11.0. The fourth-order valence-electron chi connectivity index (χ4n) is 1.56. The highest BCUT2D eigenvalue weighted by Gasteiger charge is 2.08. The summed E-state index contributed by atoms with van der Waals surface area (Å²) in [7, 11) is 0. The minimum Gasteiger partial charge on any atom is -0.115 e. The first kappa shape index (κ1) is 10.9. The zero-order valence-electron chi connectivity index (χ0n) is 9.19. The van der Waals surface area contributed by atoms with Crippen LogP contribution in [-0.4, -0.2) is 0 Å². The van der Waals surface area contributed by atoms with Crippen LogP contribution in [0, 0.1) is 30.1 Å². The lowest BCUT2D eigenvalue weighted by atomic mass is 9.92. The van der Waals surface area contributed by atoms with E-state index in [0.29, 0.717) is 5.92 Å². The van der Waals surface area contributed by atoms with Gasteiger partial charge in [-0.05, 0) is 31.6 Å². The fraction of sp³-hybridized carbons (Fsp3) is 0.571. The maximum Gasteiger partial charge on any atom is 0.0136 e. The quantitative estimate of drug-likeness (QED) is 0.549. The van der Waals surface area contributed by atoms with E-state index in [0.717, 1.165) is 24.8 Å². The van der Waals surface area contributed by atoms with Gasteiger partial charge in [-0.1, -0.05) is 31.6 Å². The maximum absolute atomic E-state index is 5.45. The van der Waals surface area contributed by atoms with Crippen molar-refractivity contribution in [2.75, 3.05) is 0 Å². The third-order valence-corrected chi connectivity index (χ3v) is 2.39. The minimum atomic E-state index is 0.654. The number of hydrogen-bond acceptors (Lipinski definition) is 0. The SMILES string of the molecule is C#CC1=C(C#CCC(C)C)CCCC1. The van der Waals surface area contributed by atoms with E-state index < -0.39 is 0 Å². The molecule has 0 nitrogen and oxygen atoms in total. The topological polar surface area (TPSA) is 0 Å². The smallest absolute Gasteiger partial charge is 0.0136 e. The van der Waals surface area contributed by atoms with Crippen molar-refractivity contribution in [1.29, 1.82) is 0 Å². The molecule has 0 saturated carbocycles. The van der Waals surface area contributed by atoms with Gasteiger partial charge in [-0.3, -0.25) is 0 Å². The molecular formula is C14H18. The van der Waals surface area contributed by atoms with Crippen LogP contribution < -0.4 is 0 Å². The van der Waals surface area contributed by atoms with Gasteiger partial charge in [0.2, 0.25) is 0 Å². The van der Waals surface area contributed by atoms with E-state index >= 15 is 0 Å². The van der Waals surface area contributed by atoms with Gasteiger partial charge in [0.15, 0.2) is 0 Å². The Morgan fingerprint density at radius 2 is 1.86 bits per heavy atom. The molecule has 0 unspecified atom stereocenters. The van der Waals surface area contributed by atoms with Gasteiger partial charge >= 0.3 is 0 Å². The Balaban J connectivity index is 2.68.